The number of anilines is 2. The summed E-state index contributed by atoms with van der Waals surface area (Å²) in [5, 5.41) is 9.64. The van der Waals surface area contributed by atoms with E-state index in [4.69, 9.17) is 4.42 Å². The molecular formula is C26H26N4O6S2. The van der Waals surface area contributed by atoms with Crippen molar-refractivity contribution >= 4 is 37.5 Å². The summed E-state index contributed by atoms with van der Waals surface area (Å²) < 4.78 is 57.7. The number of nitrogens with one attached hydrogen (secondary N) is 1. The highest BCUT2D eigenvalue weighted by Crippen LogP contribution is 2.25. The Labute approximate surface area is 221 Å². The van der Waals surface area contributed by atoms with E-state index in [0.29, 0.717) is 11.3 Å². The molecule has 1 amide bonds. The van der Waals surface area contributed by atoms with Gasteiger partial charge in [-0.3, -0.25) is 14.4 Å². The van der Waals surface area contributed by atoms with Crippen LogP contribution in [0.3, 0.4) is 0 Å². The second kappa shape index (κ2) is 10.8. The maximum Gasteiger partial charge on any atom is 0.322 e. The lowest BCUT2D eigenvalue weighted by molar-refractivity contribution is 0.102. The van der Waals surface area contributed by atoms with E-state index in [-0.39, 0.29) is 33.8 Å². The van der Waals surface area contributed by atoms with Crippen molar-refractivity contribution in [2.24, 2.45) is 0 Å². The molecule has 0 saturated heterocycles. The Hall–Kier alpha value is -4.03. The predicted octanol–water partition coefficient (Wildman–Crippen LogP) is 4.39. The van der Waals surface area contributed by atoms with Crippen LogP contribution in [0.4, 0.5) is 11.7 Å². The second-order valence-electron chi connectivity index (χ2n) is 8.51. The average Bonchev–Trinajstić information content (AvgIpc) is 3.38. The van der Waals surface area contributed by atoms with Crippen molar-refractivity contribution in [2.45, 2.75) is 35.8 Å². The fourth-order valence-electron chi connectivity index (χ4n) is 3.61. The van der Waals surface area contributed by atoms with Gasteiger partial charge in [-0.2, -0.15) is 0 Å². The highest BCUT2D eigenvalue weighted by Gasteiger charge is 2.24. The van der Waals surface area contributed by atoms with E-state index in [1.165, 1.54) is 40.7 Å². The highest BCUT2D eigenvalue weighted by molar-refractivity contribution is 7.93. The van der Waals surface area contributed by atoms with E-state index in [0.717, 1.165) is 0 Å². The molecule has 38 heavy (non-hydrogen) atoms. The van der Waals surface area contributed by atoms with E-state index in [2.05, 4.69) is 15.5 Å². The summed E-state index contributed by atoms with van der Waals surface area (Å²) in [7, 11) is -7.24. The van der Waals surface area contributed by atoms with Gasteiger partial charge in [-0.1, -0.05) is 23.3 Å². The molecule has 1 heterocycles. The van der Waals surface area contributed by atoms with Gasteiger partial charge in [0.25, 0.3) is 15.9 Å². The zero-order chi connectivity index (χ0) is 27.5. The van der Waals surface area contributed by atoms with E-state index in [1.807, 2.05) is 0 Å². The number of nitrogens with zero attached hydrogens (tertiary/aromatic N) is 3. The molecule has 0 spiro atoms. The zero-order valence-corrected chi connectivity index (χ0v) is 22.5. The number of sulfonamides is 1. The molecule has 0 saturated carbocycles. The predicted molar refractivity (Wildman–Crippen MR) is 143 cm³/mol. The van der Waals surface area contributed by atoms with Crippen LogP contribution in [-0.2, 0) is 19.9 Å². The maximum absolute atomic E-state index is 13.1. The Morgan fingerprint density at radius 2 is 1.47 bits per heavy atom. The molecule has 0 radical (unpaired) electrons. The molecule has 0 bridgehead atoms. The number of rotatable bonds is 9. The molecule has 0 aliphatic carbocycles. The zero-order valence-electron chi connectivity index (χ0n) is 20.9. The third-order valence-corrected chi connectivity index (χ3v) is 9.82. The van der Waals surface area contributed by atoms with Gasteiger partial charge in [-0.05, 0) is 81.4 Å². The number of hydrogen-bond donors (Lipinski definition) is 1. The van der Waals surface area contributed by atoms with Crippen molar-refractivity contribution in [3.8, 4) is 11.5 Å². The number of carbonyl (C=O) groups excluding carboxylic acids is 1. The molecule has 0 unspecified atom stereocenters. The Morgan fingerprint density at radius 1 is 0.868 bits per heavy atom. The smallest absolute Gasteiger partial charge is 0.322 e. The van der Waals surface area contributed by atoms with E-state index in [9.17, 15) is 21.6 Å². The number of hydrogen-bond acceptors (Lipinski definition) is 8. The number of aromatic nitrogens is 2. The van der Waals surface area contributed by atoms with Crippen LogP contribution in [0, 0.1) is 0 Å². The molecule has 198 valence electrons. The van der Waals surface area contributed by atoms with E-state index in [1.54, 1.807) is 63.2 Å². The molecule has 4 aromatic rings. The number of benzene rings is 3. The molecule has 0 atom stereocenters. The largest absolute Gasteiger partial charge is 0.403 e. The molecule has 4 rings (SSSR count). The summed E-state index contributed by atoms with van der Waals surface area (Å²) in [5.41, 5.74) is 1.21. The summed E-state index contributed by atoms with van der Waals surface area (Å²) >= 11 is 0. The van der Waals surface area contributed by atoms with Gasteiger partial charge in [0.15, 0.2) is 9.84 Å². The van der Waals surface area contributed by atoms with Gasteiger partial charge in [0.2, 0.25) is 5.89 Å². The average molecular weight is 555 g/mol. The molecule has 10 nitrogen and oxygen atoms in total. The van der Waals surface area contributed by atoms with Crippen LogP contribution >= 0.6 is 0 Å². The number of sulfone groups is 1. The highest BCUT2D eigenvalue weighted by atomic mass is 32.2. The summed E-state index contributed by atoms with van der Waals surface area (Å²) in [6, 6.07) is 20.1. The van der Waals surface area contributed by atoms with Crippen LogP contribution in [0.25, 0.3) is 11.5 Å². The monoisotopic (exact) mass is 554 g/mol. The van der Waals surface area contributed by atoms with Gasteiger partial charge in [0.1, 0.15) is 0 Å². The SMILES string of the molecule is CCN(c1ccccc1)S(=O)(=O)c1ccc(C(=O)Nc2nnc(-c3ccc(S(=O)(=O)C(C)C)cc3)o2)cc1. The fourth-order valence-corrected chi connectivity index (χ4v) is 6.14. The Balaban J connectivity index is 1.47. The first kappa shape index (κ1) is 27.0. The normalized spacial score (nSPS) is 11.9. The lowest BCUT2D eigenvalue weighted by atomic mass is 10.2. The standard InChI is InChI=1S/C26H26N4O6S2/c1-4-30(21-8-6-5-7-9-21)38(34,35)23-16-10-19(11-17-23)24(31)27-26-29-28-25(36-26)20-12-14-22(15-13-20)37(32,33)18(2)3/h5-18H,4H2,1-3H3,(H,27,29,31). The quantitative estimate of drug-likeness (QED) is 0.321. The van der Waals surface area contributed by atoms with Crippen LogP contribution in [0.5, 0.6) is 0 Å². The molecule has 0 aliphatic rings. The van der Waals surface area contributed by atoms with Crippen molar-refractivity contribution in [1.82, 2.24) is 10.2 Å². The number of para-hydroxylation sites is 1. The Morgan fingerprint density at radius 3 is 2.05 bits per heavy atom. The van der Waals surface area contributed by atoms with Crippen LogP contribution in [-0.4, -0.2) is 44.7 Å². The summed E-state index contributed by atoms with van der Waals surface area (Å²) in [5.74, 6) is -0.478. The van der Waals surface area contributed by atoms with Crippen molar-refractivity contribution in [3.63, 3.8) is 0 Å². The Bertz CT molecular complexity index is 1630. The van der Waals surface area contributed by atoms with E-state index < -0.39 is 31.0 Å². The van der Waals surface area contributed by atoms with Crippen molar-refractivity contribution < 1.29 is 26.0 Å². The van der Waals surface area contributed by atoms with Gasteiger partial charge in [0, 0.05) is 17.7 Å². The summed E-state index contributed by atoms with van der Waals surface area (Å²) in [6.45, 7) is 5.19. The minimum Gasteiger partial charge on any atom is -0.403 e. The molecule has 0 aliphatic heterocycles. The molecular weight excluding hydrogens is 528 g/mol. The molecule has 0 fully saturated rings. The molecule has 1 N–H and O–H groups in total. The van der Waals surface area contributed by atoms with E-state index >= 15 is 0 Å². The third-order valence-electron chi connectivity index (χ3n) is 5.73. The third kappa shape index (κ3) is 5.46. The second-order valence-corrected chi connectivity index (χ2v) is 12.9. The van der Waals surface area contributed by atoms with Crippen molar-refractivity contribution in [1.29, 1.82) is 0 Å². The van der Waals surface area contributed by atoms with Gasteiger partial charge in [-0.25, -0.2) is 16.8 Å². The summed E-state index contributed by atoms with van der Waals surface area (Å²) in [6.07, 6.45) is 0. The first-order valence-corrected chi connectivity index (χ1v) is 14.7. The molecule has 1 aromatic heterocycles. The lowest BCUT2D eigenvalue weighted by Gasteiger charge is -2.22. The van der Waals surface area contributed by atoms with Gasteiger partial charge >= 0.3 is 6.01 Å². The Kier molecular flexibility index (Phi) is 7.65. The van der Waals surface area contributed by atoms with Crippen LogP contribution in [0.1, 0.15) is 31.1 Å². The topological polar surface area (TPSA) is 140 Å². The maximum atomic E-state index is 13.1. The first-order chi connectivity index (χ1) is 18.0. The fraction of sp³-hybridized carbons (Fsp3) is 0.192. The van der Waals surface area contributed by atoms with Crippen LogP contribution in [0.2, 0.25) is 0 Å². The van der Waals surface area contributed by atoms with Crippen LogP contribution in [0.15, 0.2) is 93.1 Å². The van der Waals surface area contributed by atoms with Crippen LogP contribution < -0.4 is 9.62 Å². The molecule has 3 aromatic carbocycles. The minimum absolute atomic E-state index is 0.0442. The molecule has 12 heteroatoms. The van der Waals surface area contributed by atoms with Crippen molar-refractivity contribution in [3.05, 3.63) is 84.4 Å². The van der Waals surface area contributed by atoms with Gasteiger partial charge in [-0.15, -0.1) is 5.10 Å². The van der Waals surface area contributed by atoms with Gasteiger partial charge in [0.05, 0.1) is 20.7 Å². The first-order valence-electron chi connectivity index (χ1n) is 11.7. The van der Waals surface area contributed by atoms with Crippen molar-refractivity contribution in [2.75, 3.05) is 16.2 Å². The number of carbonyl (C=O) groups is 1. The minimum atomic E-state index is -3.83. The summed E-state index contributed by atoms with van der Waals surface area (Å²) in [4.78, 5) is 12.9. The van der Waals surface area contributed by atoms with Gasteiger partial charge < -0.3 is 4.42 Å². The number of amides is 1. The lowest BCUT2D eigenvalue weighted by Crippen LogP contribution is -2.30.